The number of pyridine rings is 1. The first kappa shape index (κ1) is 19.4. The van der Waals surface area contributed by atoms with Gasteiger partial charge in [-0.25, -0.2) is 0 Å². The summed E-state index contributed by atoms with van der Waals surface area (Å²) in [5.41, 5.74) is 2.45. The molecule has 0 aliphatic heterocycles. The molecule has 1 heterocycles. The van der Waals surface area contributed by atoms with Gasteiger partial charge in [-0.2, -0.15) is 0 Å². The number of para-hydroxylation sites is 1. The van der Waals surface area contributed by atoms with E-state index in [4.69, 9.17) is 4.74 Å². The number of carbonyl (C=O) groups is 2. The van der Waals surface area contributed by atoms with Gasteiger partial charge in [0.15, 0.2) is 5.78 Å². The fourth-order valence-corrected chi connectivity index (χ4v) is 3.21. The molecule has 3 rings (SSSR count). The standard InChI is InChI=1S/C22H22N2O4/c1-14-12-21(27)24(22-18(14)8-5-9-19(22)28-3)11-10-20(26)23-17-7-4-6-16(13-17)15(2)25/h4-9,12-13H,10-11H2,1-3H3,(H,23,26). The van der Waals surface area contributed by atoms with E-state index in [0.717, 1.165) is 10.9 Å². The lowest BCUT2D eigenvalue weighted by Crippen LogP contribution is -2.24. The molecule has 144 valence electrons. The zero-order valence-electron chi connectivity index (χ0n) is 16.1. The van der Waals surface area contributed by atoms with Crippen molar-refractivity contribution in [3.05, 3.63) is 70.0 Å². The predicted octanol–water partition coefficient (Wildman–Crippen LogP) is 3.55. The minimum atomic E-state index is -0.240. The van der Waals surface area contributed by atoms with E-state index in [-0.39, 0.29) is 30.2 Å². The molecular weight excluding hydrogens is 356 g/mol. The molecule has 0 aliphatic carbocycles. The number of amides is 1. The Morgan fingerprint density at radius 3 is 2.57 bits per heavy atom. The van der Waals surface area contributed by atoms with Crippen LogP contribution in [0.4, 0.5) is 5.69 Å². The Balaban J connectivity index is 1.84. The molecule has 0 atom stereocenters. The minimum absolute atomic E-state index is 0.0686. The number of aryl methyl sites for hydroxylation is 2. The number of hydrogen-bond donors (Lipinski definition) is 1. The molecule has 1 aromatic heterocycles. The van der Waals surface area contributed by atoms with Crippen LogP contribution in [0.15, 0.2) is 53.3 Å². The molecule has 6 heteroatoms. The van der Waals surface area contributed by atoms with Crippen molar-refractivity contribution in [2.45, 2.75) is 26.8 Å². The first-order valence-electron chi connectivity index (χ1n) is 8.98. The van der Waals surface area contributed by atoms with Crippen LogP contribution in [0.25, 0.3) is 10.9 Å². The second-order valence-electron chi connectivity index (χ2n) is 6.61. The number of ketones is 1. The topological polar surface area (TPSA) is 77.4 Å². The van der Waals surface area contributed by atoms with Crippen LogP contribution in [0.2, 0.25) is 0 Å². The summed E-state index contributed by atoms with van der Waals surface area (Å²) in [6.45, 7) is 3.57. The van der Waals surface area contributed by atoms with Gasteiger partial charge in [0, 0.05) is 35.7 Å². The highest BCUT2D eigenvalue weighted by Crippen LogP contribution is 2.26. The van der Waals surface area contributed by atoms with Crippen LogP contribution < -0.4 is 15.6 Å². The Bertz CT molecular complexity index is 1120. The van der Waals surface area contributed by atoms with Gasteiger partial charge < -0.3 is 14.6 Å². The van der Waals surface area contributed by atoms with Gasteiger partial charge in [0.1, 0.15) is 5.75 Å². The quantitative estimate of drug-likeness (QED) is 0.666. The van der Waals surface area contributed by atoms with Crippen LogP contribution in [0.1, 0.15) is 29.3 Å². The van der Waals surface area contributed by atoms with Gasteiger partial charge in [0.2, 0.25) is 5.91 Å². The van der Waals surface area contributed by atoms with Crippen LogP contribution >= 0.6 is 0 Å². The van der Waals surface area contributed by atoms with Gasteiger partial charge in [-0.05, 0) is 37.6 Å². The Kier molecular flexibility index (Phi) is 5.59. The van der Waals surface area contributed by atoms with E-state index in [2.05, 4.69) is 5.32 Å². The first-order valence-corrected chi connectivity index (χ1v) is 8.98. The molecular formula is C22H22N2O4. The molecule has 28 heavy (non-hydrogen) atoms. The summed E-state index contributed by atoms with van der Waals surface area (Å²) >= 11 is 0. The van der Waals surface area contributed by atoms with Crippen molar-refractivity contribution in [1.82, 2.24) is 4.57 Å². The Labute approximate surface area is 162 Å². The number of anilines is 1. The van der Waals surface area contributed by atoms with Gasteiger partial charge in [-0.3, -0.25) is 14.4 Å². The highest BCUT2D eigenvalue weighted by Gasteiger charge is 2.13. The van der Waals surface area contributed by atoms with Crippen molar-refractivity contribution >= 4 is 28.3 Å². The monoisotopic (exact) mass is 378 g/mol. The number of Topliss-reactive ketones (excluding diaryl/α,β-unsaturated/α-hetero) is 1. The van der Waals surface area contributed by atoms with Crippen molar-refractivity contribution in [2.24, 2.45) is 0 Å². The molecule has 0 radical (unpaired) electrons. The van der Waals surface area contributed by atoms with E-state index in [0.29, 0.717) is 22.5 Å². The van der Waals surface area contributed by atoms with Crippen LogP contribution in [0, 0.1) is 6.92 Å². The number of nitrogens with one attached hydrogen (secondary N) is 1. The molecule has 0 aliphatic rings. The van der Waals surface area contributed by atoms with E-state index >= 15 is 0 Å². The van der Waals surface area contributed by atoms with Crippen LogP contribution in [-0.4, -0.2) is 23.4 Å². The fourth-order valence-electron chi connectivity index (χ4n) is 3.21. The lowest BCUT2D eigenvalue weighted by Gasteiger charge is -2.15. The number of carbonyl (C=O) groups excluding carboxylic acids is 2. The third kappa shape index (κ3) is 3.96. The average Bonchev–Trinajstić information content (AvgIpc) is 2.67. The van der Waals surface area contributed by atoms with Gasteiger partial charge in [-0.15, -0.1) is 0 Å². The maximum Gasteiger partial charge on any atom is 0.251 e. The third-order valence-electron chi connectivity index (χ3n) is 4.64. The molecule has 2 aromatic carbocycles. The number of nitrogens with zero attached hydrogens (tertiary/aromatic N) is 1. The highest BCUT2D eigenvalue weighted by atomic mass is 16.5. The maximum absolute atomic E-state index is 12.6. The van der Waals surface area contributed by atoms with E-state index in [1.807, 2.05) is 19.1 Å². The van der Waals surface area contributed by atoms with Crippen LogP contribution in [-0.2, 0) is 11.3 Å². The number of aromatic nitrogens is 1. The molecule has 0 spiro atoms. The second-order valence-corrected chi connectivity index (χ2v) is 6.61. The van der Waals surface area contributed by atoms with E-state index in [1.165, 1.54) is 6.92 Å². The molecule has 1 amide bonds. The van der Waals surface area contributed by atoms with Crippen molar-refractivity contribution in [2.75, 3.05) is 12.4 Å². The summed E-state index contributed by atoms with van der Waals surface area (Å²) < 4.78 is 6.99. The minimum Gasteiger partial charge on any atom is -0.495 e. The summed E-state index contributed by atoms with van der Waals surface area (Å²) in [6.07, 6.45) is 0.112. The van der Waals surface area contributed by atoms with E-state index in [1.54, 1.807) is 48.1 Å². The van der Waals surface area contributed by atoms with Crippen molar-refractivity contribution in [1.29, 1.82) is 0 Å². The van der Waals surface area contributed by atoms with Gasteiger partial charge >= 0.3 is 0 Å². The van der Waals surface area contributed by atoms with Gasteiger partial charge in [-0.1, -0.05) is 24.3 Å². The SMILES string of the molecule is COc1cccc2c(C)cc(=O)n(CCC(=O)Nc3cccc(C(C)=O)c3)c12. The average molecular weight is 378 g/mol. The predicted molar refractivity (Wildman–Crippen MR) is 109 cm³/mol. The molecule has 0 fully saturated rings. The normalized spacial score (nSPS) is 10.7. The van der Waals surface area contributed by atoms with Crippen LogP contribution in [0.5, 0.6) is 5.75 Å². The summed E-state index contributed by atoms with van der Waals surface area (Å²) in [5.74, 6) is 0.282. The lowest BCUT2D eigenvalue weighted by atomic mass is 10.1. The number of ether oxygens (including phenoxy) is 1. The summed E-state index contributed by atoms with van der Waals surface area (Å²) in [6, 6.07) is 13.9. The maximum atomic E-state index is 12.6. The molecule has 1 N–H and O–H groups in total. The fraction of sp³-hybridized carbons (Fsp3) is 0.227. The molecule has 3 aromatic rings. The van der Waals surface area contributed by atoms with Crippen molar-refractivity contribution < 1.29 is 14.3 Å². The number of rotatable bonds is 6. The van der Waals surface area contributed by atoms with Crippen molar-refractivity contribution in [3.8, 4) is 5.75 Å². The third-order valence-corrected chi connectivity index (χ3v) is 4.64. The Hall–Kier alpha value is -3.41. The van der Waals surface area contributed by atoms with Gasteiger partial charge in [0.25, 0.3) is 5.56 Å². The highest BCUT2D eigenvalue weighted by molar-refractivity contribution is 5.97. The number of benzene rings is 2. The summed E-state index contributed by atoms with van der Waals surface area (Å²) in [7, 11) is 1.56. The zero-order valence-corrected chi connectivity index (χ0v) is 16.1. The number of fused-ring (bicyclic) bond motifs is 1. The molecule has 6 nitrogen and oxygen atoms in total. The molecule has 0 bridgehead atoms. The first-order chi connectivity index (χ1) is 13.4. The smallest absolute Gasteiger partial charge is 0.251 e. The Morgan fingerprint density at radius 2 is 1.86 bits per heavy atom. The number of hydrogen-bond acceptors (Lipinski definition) is 4. The lowest BCUT2D eigenvalue weighted by molar-refractivity contribution is -0.116. The summed E-state index contributed by atoms with van der Waals surface area (Å²) in [4.78, 5) is 36.4. The molecule has 0 saturated carbocycles. The second kappa shape index (κ2) is 8.08. The van der Waals surface area contributed by atoms with Crippen LogP contribution in [0.3, 0.4) is 0 Å². The summed E-state index contributed by atoms with van der Waals surface area (Å²) in [5, 5.41) is 3.69. The zero-order chi connectivity index (χ0) is 20.3. The van der Waals surface area contributed by atoms with E-state index in [9.17, 15) is 14.4 Å². The van der Waals surface area contributed by atoms with Gasteiger partial charge in [0.05, 0.1) is 12.6 Å². The largest absolute Gasteiger partial charge is 0.495 e. The molecule has 0 unspecified atom stereocenters. The van der Waals surface area contributed by atoms with Crippen molar-refractivity contribution in [3.63, 3.8) is 0 Å². The Morgan fingerprint density at radius 1 is 1.11 bits per heavy atom. The number of methoxy groups -OCH3 is 1. The molecule has 0 saturated heterocycles. The van der Waals surface area contributed by atoms with E-state index < -0.39 is 0 Å².